The van der Waals surface area contributed by atoms with Gasteiger partial charge in [0.05, 0.1) is 12.7 Å². The SMILES string of the molecule is COc1ccnc(N2CCN(C(=O)c3ccn(C)c3C)CC2)n1. The molecule has 0 radical (unpaired) electrons. The van der Waals surface area contributed by atoms with Crippen LogP contribution in [0.1, 0.15) is 16.1 Å². The zero-order valence-electron chi connectivity index (χ0n) is 13.7. The van der Waals surface area contributed by atoms with E-state index in [1.807, 2.05) is 35.7 Å². The molecule has 1 saturated heterocycles. The van der Waals surface area contributed by atoms with E-state index >= 15 is 0 Å². The van der Waals surface area contributed by atoms with Crippen molar-refractivity contribution in [3.8, 4) is 5.88 Å². The van der Waals surface area contributed by atoms with Gasteiger partial charge in [-0.2, -0.15) is 4.98 Å². The van der Waals surface area contributed by atoms with Gasteiger partial charge in [0.2, 0.25) is 11.8 Å². The molecule has 3 rings (SSSR count). The monoisotopic (exact) mass is 315 g/mol. The number of nitrogens with zero attached hydrogens (tertiary/aromatic N) is 5. The molecule has 0 spiro atoms. The van der Waals surface area contributed by atoms with Crippen LogP contribution < -0.4 is 9.64 Å². The van der Waals surface area contributed by atoms with Crippen LogP contribution in [0, 0.1) is 6.92 Å². The van der Waals surface area contributed by atoms with Crippen LogP contribution >= 0.6 is 0 Å². The highest BCUT2D eigenvalue weighted by Gasteiger charge is 2.25. The second kappa shape index (κ2) is 6.28. The molecular formula is C16H21N5O2. The molecule has 0 N–H and O–H groups in total. The average molecular weight is 315 g/mol. The number of aryl methyl sites for hydroxylation is 1. The number of carbonyl (C=O) groups is 1. The minimum Gasteiger partial charge on any atom is -0.481 e. The van der Waals surface area contributed by atoms with Gasteiger partial charge in [0, 0.05) is 57.4 Å². The quantitative estimate of drug-likeness (QED) is 0.848. The Hall–Kier alpha value is -2.57. The summed E-state index contributed by atoms with van der Waals surface area (Å²) in [7, 11) is 3.54. The van der Waals surface area contributed by atoms with Crippen LogP contribution in [0.4, 0.5) is 5.95 Å². The maximum absolute atomic E-state index is 12.6. The molecule has 1 aliphatic heterocycles. The summed E-state index contributed by atoms with van der Waals surface area (Å²) in [5.41, 5.74) is 1.77. The van der Waals surface area contributed by atoms with E-state index in [-0.39, 0.29) is 5.91 Å². The third-order valence-corrected chi connectivity index (χ3v) is 4.29. The lowest BCUT2D eigenvalue weighted by Crippen LogP contribution is -2.49. The summed E-state index contributed by atoms with van der Waals surface area (Å²) in [4.78, 5) is 25.2. The normalized spacial score (nSPS) is 14.9. The van der Waals surface area contributed by atoms with Crippen molar-refractivity contribution < 1.29 is 9.53 Å². The molecule has 3 heterocycles. The average Bonchev–Trinajstić information content (AvgIpc) is 2.93. The Balaban J connectivity index is 1.66. The van der Waals surface area contributed by atoms with Crippen molar-refractivity contribution in [2.24, 2.45) is 7.05 Å². The summed E-state index contributed by atoms with van der Waals surface area (Å²) in [5.74, 6) is 1.29. The van der Waals surface area contributed by atoms with Gasteiger partial charge in [0.15, 0.2) is 0 Å². The minimum atomic E-state index is 0.0920. The van der Waals surface area contributed by atoms with E-state index in [1.54, 1.807) is 19.4 Å². The highest BCUT2D eigenvalue weighted by atomic mass is 16.5. The van der Waals surface area contributed by atoms with Gasteiger partial charge in [0.1, 0.15) is 0 Å². The summed E-state index contributed by atoms with van der Waals surface area (Å²) in [5, 5.41) is 0. The summed E-state index contributed by atoms with van der Waals surface area (Å²) < 4.78 is 7.10. The maximum Gasteiger partial charge on any atom is 0.255 e. The second-order valence-electron chi connectivity index (χ2n) is 5.60. The number of aromatic nitrogens is 3. The van der Waals surface area contributed by atoms with Gasteiger partial charge in [0.25, 0.3) is 5.91 Å². The first-order valence-electron chi connectivity index (χ1n) is 7.63. The Labute approximate surface area is 135 Å². The summed E-state index contributed by atoms with van der Waals surface area (Å²) in [6.45, 7) is 4.71. The van der Waals surface area contributed by atoms with Crippen molar-refractivity contribution in [1.82, 2.24) is 19.4 Å². The van der Waals surface area contributed by atoms with Gasteiger partial charge in [-0.05, 0) is 13.0 Å². The van der Waals surface area contributed by atoms with Crippen LogP contribution in [0.5, 0.6) is 5.88 Å². The largest absolute Gasteiger partial charge is 0.481 e. The van der Waals surface area contributed by atoms with E-state index in [0.717, 1.165) is 11.3 Å². The predicted molar refractivity (Wildman–Crippen MR) is 86.9 cm³/mol. The Morgan fingerprint density at radius 1 is 1.22 bits per heavy atom. The van der Waals surface area contributed by atoms with E-state index < -0.39 is 0 Å². The molecule has 7 nitrogen and oxygen atoms in total. The maximum atomic E-state index is 12.6. The van der Waals surface area contributed by atoms with Gasteiger partial charge in [-0.25, -0.2) is 4.98 Å². The van der Waals surface area contributed by atoms with Crippen molar-refractivity contribution in [1.29, 1.82) is 0 Å². The standard InChI is InChI=1S/C16H21N5O2/c1-12-13(5-7-19(12)2)15(22)20-8-10-21(11-9-20)16-17-6-4-14(18-16)23-3/h4-7H,8-11H2,1-3H3. The number of ether oxygens (including phenoxy) is 1. The van der Waals surface area contributed by atoms with Gasteiger partial charge in [-0.3, -0.25) is 4.79 Å². The summed E-state index contributed by atoms with van der Waals surface area (Å²) in [6.07, 6.45) is 3.61. The van der Waals surface area contributed by atoms with E-state index in [2.05, 4.69) is 14.9 Å². The lowest BCUT2D eigenvalue weighted by Gasteiger charge is -2.34. The fraction of sp³-hybridized carbons (Fsp3) is 0.438. The number of anilines is 1. The number of hydrogen-bond acceptors (Lipinski definition) is 5. The smallest absolute Gasteiger partial charge is 0.255 e. The molecule has 0 bridgehead atoms. The molecule has 1 fully saturated rings. The first kappa shape index (κ1) is 15.3. The van der Waals surface area contributed by atoms with Crippen molar-refractivity contribution >= 4 is 11.9 Å². The van der Waals surface area contributed by atoms with Crippen molar-refractivity contribution in [3.63, 3.8) is 0 Å². The molecule has 7 heteroatoms. The molecule has 0 atom stereocenters. The highest BCUT2D eigenvalue weighted by Crippen LogP contribution is 2.17. The van der Waals surface area contributed by atoms with Gasteiger partial charge < -0.3 is 19.1 Å². The molecule has 1 amide bonds. The minimum absolute atomic E-state index is 0.0920. The van der Waals surface area contributed by atoms with Gasteiger partial charge >= 0.3 is 0 Å². The number of carbonyl (C=O) groups excluding carboxylic acids is 1. The predicted octanol–water partition coefficient (Wildman–Crippen LogP) is 1.09. The second-order valence-corrected chi connectivity index (χ2v) is 5.60. The topological polar surface area (TPSA) is 63.5 Å². The first-order chi connectivity index (χ1) is 11.1. The molecule has 23 heavy (non-hydrogen) atoms. The van der Waals surface area contributed by atoms with E-state index in [4.69, 9.17) is 4.74 Å². The van der Waals surface area contributed by atoms with Gasteiger partial charge in [-0.1, -0.05) is 0 Å². The highest BCUT2D eigenvalue weighted by molar-refractivity contribution is 5.95. The van der Waals surface area contributed by atoms with Crippen LogP contribution in [0.2, 0.25) is 0 Å². The number of piperazine rings is 1. The fourth-order valence-corrected chi connectivity index (χ4v) is 2.71. The Kier molecular flexibility index (Phi) is 4.18. The van der Waals surface area contributed by atoms with E-state index in [0.29, 0.717) is 38.0 Å². The number of amides is 1. The Bertz CT molecular complexity index is 704. The van der Waals surface area contributed by atoms with Gasteiger partial charge in [-0.15, -0.1) is 0 Å². The number of methoxy groups -OCH3 is 1. The van der Waals surface area contributed by atoms with Crippen molar-refractivity contribution in [2.75, 3.05) is 38.2 Å². The van der Waals surface area contributed by atoms with Crippen molar-refractivity contribution in [2.45, 2.75) is 6.92 Å². The molecule has 0 saturated carbocycles. The molecule has 2 aromatic rings. The zero-order chi connectivity index (χ0) is 16.4. The van der Waals surface area contributed by atoms with Crippen LogP contribution in [0.25, 0.3) is 0 Å². The number of rotatable bonds is 3. The molecule has 2 aromatic heterocycles. The Morgan fingerprint density at radius 2 is 1.96 bits per heavy atom. The number of hydrogen-bond donors (Lipinski definition) is 0. The van der Waals surface area contributed by atoms with Crippen LogP contribution in [-0.2, 0) is 7.05 Å². The third kappa shape index (κ3) is 2.99. The molecule has 0 aromatic carbocycles. The summed E-state index contributed by atoms with van der Waals surface area (Å²) >= 11 is 0. The molecule has 122 valence electrons. The van der Waals surface area contributed by atoms with Crippen molar-refractivity contribution in [3.05, 3.63) is 35.8 Å². The van der Waals surface area contributed by atoms with E-state index in [9.17, 15) is 4.79 Å². The van der Waals surface area contributed by atoms with Crippen LogP contribution in [-0.4, -0.2) is 58.6 Å². The van der Waals surface area contributed by atoms with Crippen LogP contribution in [0.3, 0.4) is 0 Å². The Morgan fingerprint density at radius 3 is 2.57 bits per heavy atom. The van der Waals surface area contributed by atoms with Crippen LogP contribution in [0.15, 0.2) is 24.5 Å². The zero-order valence-corrected chi connectivity index (χ0v) is 13.7. The molecular weight excluding hydrogens is 294 g/mol. The van der Waals surface area contributed by atoms with E-state index in [1.165, 1.54) is 0 Å². The molecule has 0 aliphatic carbocycles. The third-order valence-electron chi connectivity index (χ3n) is 4.29. The summed E-state index contributed by atoms with van der Waals surface area (Å²) in [6, 6.07) is 3.61. The molecule has 0 unspecified atom stereocenters. The molecule has 1 aliphatic rings. The lowest BCUT2D eigenvalue weighted by molar-refractivity contribution is 0.0745. The first-order valence-corrected chi connectivity index (χ1v) is 7.63. The fourth-order valence-electron chi connectivity index (χ4n) is 2.71. The lowest BCUT2D eigenvalue weighted by atomic mass is 10.2.